The van der Waals surface area contributed by atoms with E-state index < -0.39 is 0 Å². The highest BCUT2D eigenvalue weighted by Crippen LogP contribution is 2.41. The van der Waals surface area contributed by atoms with E-state index in [2.05, 4.69) is 25.2 Å². The summed E-state index contributed by atoms with van der Waals surface area (Å²) in [6.07, 6.45) is 3.45. The number of rotatable bonds is 3. The summed E-state index contributed by atoms with van der Waals surface area (Å²) >= 11 is 6.26. The third-order valence-electron chi connectivity index (χ3n) is 4.39. The van der Waals surface area contributed by atoms with Crippen molar-refractivity contribution in [1.29, 1.82) is 0 Å². The molecule has 1 unspecified atom stereocenters. The van der Waals surface area contributed by atoms with E-state index in [1.165, 1.54) is 18.4 Å². The molecule has 19 heavy (non-hydrogen) atoms. The molecule has 0 amide bonds. The van der Waals surface area contributed by atoms with Crippen molar-refractivity contribution in [3.05, 3.63) is 22.7 Å². The van der Waals surface area contributed by atoms with E-state index in [1.807, 2.05) is 6.07 Å². The normalized spacial score (nSPS) is 25.3. The Kier molecular flexibility index (Phi) is 3.35. The van der Waals surface area contributed by atoms with Crippen LogP contribution >= 0.6 is 11.6 Å². The average Bonchev–Trinajstić information content (AvgIpc) is 2.98. The molecule has 4 heteroatoms. The molecule has 0 saturated carbocycles. The topological polar surface area (TPSA) is 30.5 Å². The van der Waals surface area contributed by atoms with Crippen molar-refractivity contribution in [2.24, 2.45) is 5.92 Å². The van der Waals surface area contributed by atoms with Crippen LogP contribution in [0.25, 0.3) is 0 Å². The third-order valence-corrected chi connectivity index (χ3v) is 4.67. The lowest BCUT2D eigenvalue weighted by Gasteiger charge is -2.34. The van der Waals surface area contributed by atoms with Gasteiger partial charge in [0.2, 0.25) is 6.79 Å². The SMILES string of the molecule is CC(C)C1(Cc2cc(Cl)c3c(c2)OCO3)CCCN1. The minimum atomic E-state index is 0.191. The lowest BCUT2D eigenvalue weighted by molar-refractivity contribution is 0.174. The minimum absolute atomic E-state index is 0.191. The highest BCUT2D eigenvalue weighted by molar-refractivity contribution is 6.32. The van der Waals surface area contributed by atoms with E-state index in [-0.39, 0.29) is 12.3 Å². The Morgan fingerprint density at radius 3 is 2.89 bits per heavy atom. The van der Waals surface area contributed by atoms with Crippen molar-refractivity contribution in [3.8, 4) is 11.5 Å². The molecule has 0 aliphatic carbocycles. The van der Waals surface area contributed by atoms with Gasteiger partial charge in [0.1, 0.15) is 0 Å². The Morgan fingerprint density at radius 2 is 2.21 bits per heavy atom. The van der Waals surface area contributed by atoms with Crippen LogP contribution in [0.3, 0.4) is 0 Å². The molecule has 2 aliphatic heterocycles. The van der Waals surface area contributed by atoms with Crippen LogP contribution in [-0.4, -0.2) is 18.9 Å². The molecule has 1 N–H and O–H groups in total. The summed E-state index contributed by atoms with van der Waals surface area (Å²) < 4.78 is 10.8. The minimum Gasteiger partial charge on any atom is -0.454 e. The molecule has 3 nitrogen and oxygen atoms in total. The van der Waals surface area contributed by atoms with Gasteiger partial charge in [-0.25, -0.2) is 0 Å². The summed E-state index contributed by atoms with van der Waals surface area (Å²) in [4.78, 5) is 0. The van der Waals surface area contributed by atoms with Crippen LogP contribution in [-0.2, 0) is 6.42 Å². The molecular weight excluding hydrogens is 262 g/mol. The molecular formula is C15H20ClNO2. The van der Waals surface area contributed by atoms with Gasteiger partial charge < -0.3 is 14.8 Å². The number of nitrogens with one attached hydrogen (secondary N) is 1. The molecule has 2 heterocycles. The number of hydrogen-bond acceptors (Lipinski definition) is 3. The smallest absolute Gasteiger partial charge is 0.231 e. The van der Waals surface area contributed by atoms with Crippen molar-refractivity contribution in [3.63, 3.8) is 0 Å². The van der Waals surface area contributed by atoms with Gasteiger partial charge in [0.05, 0.1) is 5.02 Å². The molecule has 1 atom stereocenters. The van der Waals surface area contributed by atoms with Crippen molar-refractivity contribution >= 4 is 11.6 Å². The van der Waals surface area contributed by atoms with Gasteiger partial charge in [-0.05, 0) is 49.4 Å². The lowest BCUT2D eigenvalue weighted by atomic mass is 9.80. The summed E-state index contributed by atoms with van der Waals surface area (Å²) in [7, 11) is 0. The first-order valence-corrected chi connectivity index (χ1v) is 7.31. The largest absolute Gasteiger partial charge is 0.454 e. The molecule has 1 saturated heterocycles. The van der Waals surface area contributed by atoms with E-state index in [1.54, 1.807) is 0 Å². The van der Waals surface area contributed by atoms with E-state index >= 15 is 0 Å². The lowest BCUT2D eigenvalue weighted by Crippen LogP contribution is -2.46. The quantitative estimate of drug-likeness (QED) is 0.921. The number of halogens is 1. The average molecular weight is 282 g/mol. The van der Waals surface area contributed by atoms with Crippen molar-refractivity contribution in [1.82, 2.24) is 5.32 Å². The zero-order valence-electron chi connectivity index (χ0n) is 11.5. The standard InChI is InChI=1S/C15H20ClNO2/c1-10(2)15(4-3-5-17-15)8-11-6-12(16)14-13(7-11)18-9-19-14/h6-7,10,17H,3-5,8-9H2,1-2H3. The zero-order chi connectivity index (χ0) is 13.5. The maximum atomic E-state index is 6.26. The Balaban J connectivity index is 1.89. The Hall–Kier alpha value is -0.930. The fourth-order valence-corrected chi connectivity index (χ4v) is 3.45. The van der Waals surface area contributed by atoms with Crippen LogP contribution in [0.5, 0.6) is 11.5 Å². The molecule has 1 fully saturated rings. The summed E-state index contributed by atoms with van der Waals surface area (Å²) in [6, 6.07) is 4.08. The van der Waals surface area contributed by atoms with Crippen molar-refractivity contribution in [2.45, 2.75) is 38.6 Å². The summed E-state index contributed by atoms with van der Waals surface area (Å²) in [6.45, 7) is 5.95. The number of fused-ring (bicyclic) bond motifs is 1. The fourth-order valence-electron chi connectivity index (χ4n) is 3.16. The third kappa shape index (κ3) is 2.30. The van der Waals surface area contributed by atoms with Gasteiger partial charge in [0, 0.05) is 5.54 Å². The maximum Gasteiger partial charge on any atom is 0.231 e. The van der Waals surface area contributed by atoms with Gasteiger partial charge in [-0.3, -0.25) is 0 Å². The number of hydrogen-bond donors (Lipinski definition) is 1. The molecule has 0 spiro atoms. The van der Waals surface area contributed by atoms with Crippen molar-refractivity contribution < 1.29 is 9.47 Å². The van der Waals surface area contributed by atoms with E-state index in [0.29, 0.717) is 16.7 Å². The van der Waals surface area contributed by atoms with Gasteiger partial charge in [-0.2, -0.15) is 0 Å². The first kappa shape index (κ1) is 13.1. The Morgan fingerprint density at radius 1 is 1.37 bits per heavy atom. The number of benzene rings is 1. The van der Waals surface area contributed by atoms with Gasteiger partial charge in [0.25, 0.3) is 0 Å². The second kappa shape index (κ2) is 4.88. The first-order valence-electron chi connectivity index (χ1n) is 6.94. The summed E-state index contributed by atoms with van der Waals surface area (Å²) in [5.74, 6) is 2.06. The van der Waals surface area contributed by atoms with Crippen LogP contribution in [0.1, 0.15) is 32.3 Å². The van der Waals surface area contributed by atoms with Gasteiger partial charge >= 0.3 is 0 Å². The second-order valence-corrected chi connectivity index (χ2v) is 6.24. The highest BCUT2D eigenvalue weighted by Gasteiger charge is 2.37. The van der Waals surface area contributed by atoms with Gasteiger partial charge in [0.15, 0.2) is 11.5 Å². The first-order chi connectivity index (χ1) is 9.11. The fraction of sp³-hybridized carbons (Fsp3) is 0.600. The maximum absolute atomic E-state index is 6.26. The Bertz CT molecular complexity index is 481. The number of ether oxygens (including phenoxy) is 2. The van der Waals surface area contributed by atoms with E-state index in [0.717, 1.165) is 18.7 Å². The highest BCUT2D eigenvalue weighted by atomic mass is 35.5. The van der Waals surface area contributed by atoms with Crippen LogP contribution < -0.4 is 14.8 Å². The molecule has 104 valence electrons. The Labute approximate surface area is 119 Å². The molecule has 1 aromatic carbocycles. The van der Waals surface area contributed by atoms with E-state index in [9.17, 15) is 0 Å². The van der Waals surface area contributed by atoms with Crippen LogP contribution in [0, 0.1) is 5.92 Å². The van der Waals surface area contributed by atoms with Crippen LogP contribution in [0.15, 0.2) is 12.1 Å². The van der Waals surface area contributed by atoms with Gasteiger partial charge in [-0.15, -0.1) is 0 Å². The van der Waals surface area contributed by atoms with E-state index in [4.69, 9.17) is 21.1 Å². The molecule has 3 rings (SSSR count). The second-order valence-electron chi connectivity index (χ2n) is 5.83. The molecule has 0 bridgehead atoms. The summed E-state index contributed by atoms with van der Waals surface area (Å²) in [5, 5.41) is 4.34. The summed E-state index contributed by atoms with van der Waals surface area (Å²) in [5.41, 5.74) is 1.41. The van der Waals surface area contributed by atoms with Crippen molar-refractivity contribution in [2.75, 3.05) is 13.3 Å². The molecule has 0 aromatic heterocycles. The zero-order valence-corrected chi connectivity index (χ0v) is 12.2. The predicted molar refractivity (Wildman–Crippen MR) is 76.1 cm³/mol. The molecule has 0 radical (unpaired) electrons. The van der Waals surface area contributed by atoms with Gasteiger partial charge in [-0.1, -0.05) is 25.4 Å². The monoisotopic (exact) mass is 281 g/mol. The van der Waals surface area contributed by atoms with Crippen LogP contribution in [0.4, 0.5) is 0 Å². The predicted octanol–water partition coefficient (Wildman–Crippen LogP) is 3.39. The van der Waals surface area contributed by atoms with Crippen LogP contribution in [0.2, 0.25) is 5.02 Å². The molecule has 1 aromatic rings. The molecule has 2 aliphatic rings.